The number of halogens is 1. The molecule has 10 heteroatoms. The van der Waals surface area contributed by atoms with E-state index in [0.29, 0.717) is 28.5 Å². The standard InChI is InChI=1S/C24H24ClN3O5S/c1-2-33-22-10-6-9-19(24(22)30)15-26-27-23(29)17-28(16-18-7-4-3-5-8-18)34(31,32)21-13-11-20(25)12-14-21/h3-15,30H,2,16-17H2,1H3,(H,27,29)/b26-15-. The van der Waals surface area contributed by atoms with Gasteiger partial charge in [-0.05, 0) is 48.9 Å². The molecule has 2 N–H and O–H groups in total. The maximum Gasteiger partial charge on any atom is 0.255 e. The zero-order valence-corrected chi connectivity index (χ0v) is 20.0. The number of carbonyl (C=O) groups excluding carboxylic acids is 1. The van der Waals surface area contributed by atoms with Crippen molar-refractivity contribution < 1.29 is 23.1 Å². The Kier molecular flexibility index (Phi) is 8.64. The first-order valence-electron chi connectivity index (χ1n) is 10.4. The van der Waals surface area contributed by atoms with Crippen molar-refractivity contribution in [3.8, 4) is 11.5 Å². The summed E-state index contributed by atoms with van der Waals surface area (Å²) in [6.45, 7) is 1.69. The lowest BCUT2D eigenvalue weighted by Gasteiger charge is -2.21. The summed E-state index contributed by atoms with van der Waals surface area (Å²) in [5, 5.41) is 14.5. The molecule has 3 aromatic rings. The predicted molar refractivity (Wildman–Crippen MR) is 131 cm³/mol. The van der Waals surface area contributed by atoms with Crippen LogP contribution in [0.15, 0.2) is 82.8 Å². The largest absolute Gasteiger partial charge is 0.504 e. The molecule has 0 heterocycles. The molecular formula is C24H24ClN3O5S. The fourth-order valence-electron chi connectivity index (χ4n) is 3.05. The molecule has 0 aliphatic heterocycles. The van der Waals surface area contributed by atoms with Crippen molar-refractivity contribution in [1.29, 1.82) is 0 Å². The topological polar surface area (TPSA) is 108 Å². The van der Waals surface area contributed by atoms with Crippen molar-refractivity contribution in [3.63, 3.8) is 0 Å². The van der Waals surface area contributed by atoms with Crippen LogP contribution >= 0.6 is 11.6 Å². The molecule has 1 amide bonds. The average molecular weight is 502 g/mol. The maximum absolute atomic E-state index is 13.2. The molecule has 0 unspecified atom stereocenters. The van der Waals surface area contributed by atoms with Crippen molar-refractivity contribution in [2.75, 3.05) is 13.2 Å². The predicted octanol–water partition coefficient (Wildman–Crippen LogP) is 3.79. The maximum atomic E-state index is 13.2. The van der Waals surface area contributed by atoms with E-state index < -0.39 is 22.5 Å². The Labute approximate surface area is 203 Å². The minimum Gasteiger partial charge on any atom is -0.504 e. The van der Waals surface area contributed by atoms with Gasteiger partial charge in [0.05, 0.1) is 24.3 Å². The molecule has 3 rings (SSSR count). The van der Waals surface area contributed by atoms with Crippen LogP contribution in [0.3, 0.4) is 0 Å². The van der Waals surface area contributed by atoms with Crippen molar-refractivity contribution in [3.05, 3.63) is 88.9 Å². The Hall–Kier alpha value is -3.40. The summed E-state index contributed by atoms with van der Waals surface area (Å²) in [6, 6.07) is 19.5. The summed E-state index contributed by atoms with van der Waals surface area (Å²) < 4.78 is 32.9. The van der Waals surface area contributed by atoms with Gasteiger partial charge in [-0.2, -0.15) is 9.41 Å². The van der Waals surface area contributed by atoms with Crippen molar-refractivity contribution in [2.45, 2.75) is 18.4 Å². The Bertz CT molecular complexity index is 1250. The lowest BCUT2D eigenvalue weighted by Crippen LogP contribution is -2.39. The van der Waals surface area contributed by atoms with Gasteiger partial charge in [0.25, 0.3) is 5.91 Å². The highest BCUT2D eigenvalue weighted by molar-refractivity contribution is 7.89. The van der Waals surface area contributed by atoms with Crippen LogP contribution in [-0.4, -0.2) is 43.1 Å². The third-order valence-electron chi connectivity index (χ3n) is 4.70. The Morgan fingerprint density at radius 3 is 2.47 bits per heavy atom. The van der Waals surface area contributed by atoms with Gasteiger partial charge in [-0.1, -0.05) is 48.0 Å². The van der Waals surface area contributed by atoms with E-state index in [1.807, 2.05) is 6.07 Å². The summed E-state index contributed by atoms with van der Waals surface area (Å²) >= 11 is 5.89. The molecule has 8 nitrogen and oxygen atoms in total. The lowest BCUT2D eigenvalue weighted by atomic mass is 10.2. The van der Waals surface area contributed by atoms with Crippen LogP contribution in [0.25, 0.3) is 0 Å². The number of carbonyl (C=O) groups is 1. The molecular weight excluding hydrogens is 478 g/mol. The van der Waals surface area contributed by atoms with Crippen LogP contribution < -0.4 is 10.2 Å². The summed E-state index contributed by atoms with van der Waals surface area (Å²) in [7, 11) is -4.00. The Balaban J connectivity index is 1.77. The number of benzene rings is 3. The van der Waals surface area contributed by atoms with E-state index in [2.05, 4.69) is 10.5 Å². The number of nitrogens with zero attached hydrogens (tertiary/aromatic N) is 2. The number of hydrazone groups is 1. The van der Waals surface area contributed by atoms with Gasteiger partial charge in [-0.3, -0.25) is 4.79 Å². The molecule has 0 saturated heterocycles. The quantitative estimate of drug-likeness (QED) is 0.324. The number of para-hydroxylation sites is 1. The molecule has 3 aromatic carbocycles. The van der Waals surface area contributed by atoms with Crippen LogP contribution in [0.4, 0.5) is 0 Å². The second-order valence-electron chi connectivity index (χ2n) is 7.13. The minimum absolute atomic E-state index is 0.0138. The monoisotopic (exact) mass is 501 g/mol. The summed E-state index contributed by atoms with van der Waals surface area (Å²) in [4.78, 5) is 12.6. The number of sulfonamides is 1. The number of ether oxygens (including phenoxy) is 1. The second-order valence-corrected chi connectivity index (χ2v) is 9.51. The van der Waals surface area contributed by atoms with Gasteiger partial charge in [-0.25, -0.2) is 13.8 Å². The number of aromatic hydroxyl groups is 1. The molecule has 178 valence electrons. The van der Waals surface area contributed by atoms with E-state index in [1.54, 1.807) is 49.4 Å². The molecule has 0 radical (unpaired) electrons. The lowest BCUT2D eigenvalue weighted by molar-refractivity contribution is -0.121. The summed E-state index contributed by atoms with van der Waals surface area (Å²) in [5.41, 5.74) is 3.36. The van der Waals surface area contributed by atoms with Crippen molar-refractivity contribution in [1.82, 2.24) is 9.73 Å². The normalized spacial score (nSPS) is 11.6. The fraction of sp³-hybridized carbons (Fsp3) is 0.167. The van der Waals surface area contributed by atoms with E-state index >= 15 is 0 Å². The SMILES string of the molecule is CCOc1cccc(/C=N\NC(=O)CN(Cc2ccccc2)S(=O)(=O)c2ccc(Cl)cc2)c1O. The number of nitrogens with one attached hydrogen (secondary N) is 1. The van der Waals surface area contributed by atoms with Crippen LogP contribution in [0.1, 0.15) is 18.1 Å². The third kappa shape index (κ3) is 6.57. The minimum atomic E-state index is -4.00. The number of rotatable bonds is 10. The number of phenols is 1. The highest BCUT2D eigenvalue weighted by Crippen LogP contribution is 2.28. The van der Waals surface area contributed by atoms with Crippen molar-refractivity contribution in [2.24, 2.45) is 5.10 Å². The van der Waals surface area contributed by atoms with Crippen LogP contribution in [-0.2, 0) is 21.4 Å². The van der Waals surface area contributed by atoms with Crippen LogP contribution in [0.2, 0.25) is 5.02 Å². The van der Waals surface area contributed by atoms with Gasteiger partial charge in [0.1, 0.15) is 0 Å². The van der Waals surface area contributed by atoms with E-state index in [9.17, 15) is 18.3 Å². The van der Waals surface area contributed by atoms with Gasteiger partial charge < -0.3 is 9.84 Å². The van der Waals surface area contributed by atoms with Gasteiger partial charge >= 0.3 is 0 Å². The zero-order chi connectivity index (χ0) is 24.6. The highest BCUT2D eigenvalue weighted by Gasteiger charge is 2.27. The first-order valence-corrected chi connectivity index (χ1v) is 12.2. The molecule has 0 atom stereocenters. The zero-order valence-electron chi connectivity index (χ0n) is 18.4. The molecule has 0 aliphatic rings. The first kappa shape index (κ1) is 25.2. The molecule has 0 aromatic heterocycles. The van der Waals surface area contributed by atoms with Gasteiger partial charge in [0, 0.05) is 17.1 Å². The second kappa shape index (κ2) is 11.6. The summed E-state index contributed by atoms with van der Waals surface area (Å²) in [6.07, 6.45) is 1.25. The highest BCUT2D eigenvalue weighted by atomic mass is 35.5. The van der Waals surface area contributed by atoms with Gasteiger partial charge in [0.2, 0.25) is 10.0 Å². The molecule has 0 spiro atoms. The fourth-order valence-corrected chi connectivity index (χ4v) is 4.56. The van der Waals surface area contributed by atoms with E-state index in [4.69, 9.17) is 16.3 Å². The number of hydrogen-bond donors (Lipinski definition) is 2. The molecule has 0 aliphatic carbocycles. The molecule has 0 bridgehead atoms. The van der Waals surface area contributed by atoms with E-state index in [-0.39, 0.29) is 17.2 Å². The molecule has 34 heavy (non-hydrogen) atoms. The third-order valence-corrected chi connectivity index (χ3v) is 6.75. The van der Waals surface area contributed by atoms with Crippen LogP contribution in [0, 0.1) is 0 Å². The Morgan fingerprint density at radius 1 is 1.09 bits per heavy atom. The average Bonchev–Trinajstić information content (AvgIpc) is 2.82. The van der Waals surface area contributed by atoms with Gasteiger partial charge in [-0.15, -0.1) is 0 Å². The number of amides is 1. The number of phenolic OH excluding ortho intramolecular Hbond substituents is 1. The molecule has 0 fully saturated rings. The van der Waals surface area contributed by atoms with Crippen molar-refractivity contribution >= 4 is 33.7 Å². The first-order chi connectivity index (χ1) is 16.3. The van der Waals surface area contributed by atoms with Crippen LogP contribution in [0.5, 0.6) is 11.5 Å². The van der Waals surface area contributed by atoms with E-state index in [0.717, 1.165) is 4.31 Å². The smallest absolute Gasteiger partial charge is 0.255 e. The Morgan fingerprint density at radius 2 is 1.79 bits per heavy atom. The van der Waals surface area contributed by atoms with E-state index in [1.165, 1.54) is 30.5 Å². The number of hydrogen-bond acceptors (Lipinski definition) is 6. The van der Waals surface area contributed by atoms with Gasteiger partial charge in [0.15, 0.2) is 11.5 Å². The molecule has 0 saturated carbocycles. The summed E-state index contributed by atoms with van der Waals surface area (Å²) in [5.74, 6) is -0.468.